The summed E-state index contributed by atoms with van der Waals surface area (Å²) in [6, 6.07) is 16.6. The van der Waals surface area contributed by atoms with Crippen LogP contribution in [-0.2, 0) is 0 Å². The lowest BCUT2D eigenvalue weighted by Gasteiger charge is -2.38. The van der Waals surface area contributed by atoms with Gasteiger partial charge < -0.3 is 15.4 Å². The maximum absolute atomic E-state index is 6.31. The number of halogens is 1. The van der Waals surface area contributed by atoms with Gasteiger partial charge in [0.15, 0.2) is 0 Å². The average molecular weight is 331 g/mol. The molecule has 2 aromatic rings. The number of hydrogen-bond acceptors (Lipinski definition) is 3. The third-order valence-electron chi connectivity index (χ3n) is 4.32. The van der Waals surface area contributed by atoms with Gasteiger partial charge in [-0.3, -0.25) is 0 Å². The second-order valence-electron chi connectivity index (χ2n) is 6.08. The Morgan fingerprint density at radius 1 is 1.17 bits per heavy atom. The molecule has 0 saturated carbocycles. The molecule has 3 rings (SSSR count). The molecule has 1 aliphatic heterocycles. The molecule has 0 aromatic heterocycles. The minimum absolute atomic E-state index is 0.166. The van der Waals surface area contributed by atoms with Gasteiger partial charge in [-0.25, -0.2) is 0 Å². The predicted molar refractivity (Wildman–Crippen MR) is 96.6 cm³/mol. The topological polar surface area (TPSA) is 38.5 Å². The fraction of sp³-hybridized carbons (Fsp3) is 0.368. The molecule has 2 atom stereocenters. The van der Waals surface area contributed by atoms with Crippen LogP contribution >= 0.6 is 11.6 Å². The van der Waals surface area contributed by atoms with Gasteiger partial charge in [0.2, 0.25) is 0 Å². The first-order valence-corrected chi connectivity index (χ1v) is 8.52. The molecule has 1 fully saturated rings. The monoisotopic (exact) mass is 330 g/mol. The SMILES string of the molecule is CCOc1ccc(N2CC(N)CC(c3cccc(Cl)c3)C2)cc1. The highest BCUT2D eigenvalue weighted by molar-refractivity contribution is 6.30. The molecule has 0 aliphatic carbocycles. The third-order valence-corrected chi connectivity index (χ3v) is 4.55. The Labute approximate surface area is 143 Å². The summed E-state index contributed by atoms with van der Waals surface area (Å²) in [5.74, 6) is 1.31. The minimum atomic E-state index is 0.166. The number of nitrogens with zero attached hydrogens (tertiary/aromatic N) is 1. The highest BCUT2D eigenvalue weighted by Gasteiger charge is 2.26. The Bertz CT molecular complexity index is 644. The van der Waals surface area contributed by atoms with E-state index in [0.29, 0.717) is 12.5 Å². The van der Waals surface area contributed by atoms with E-state index in [4.69, 9.17) is 22.1 Å². The Morgan fingerprint density at radius 2 is 1.96 bits per heavy atom. The van der Waals surface area contributed by atoms with E-state index < -0.39 is 0 Å². The molecule has 0 radical (unpaired) electrons. The first kappa shape index (κ1) is 16.2. The van der Waals surface area contributed by atoms with E-state index in [-0.39, 0.29) is 6.04 Å². The number of benzene rings is 2. The number of ether oxygens (including phenoxy) is 1. The Balaban J connectivity index is 1.77. The number of piperidine rings is 1. The van der Waals surface area contributed by atoms with Gasteiger partial charge in [0, 0.05) is 35.8 Å². The predicted octanol–water partition coefficient (Wildman–Crippen LogP) is 4.06. The van der Waals surface area contributed by atoms with Gasteiger partial charge in [-0.15, -0.1) is 0 Å². The van der Waals surface area contributed by atoms with Crippen LogP contribution in [0.25, 0.3) is 0 Å². The number of anilines is 1. The van der Waals surface area contributed by atoms with Crippen molar-refractivity contribution in [3.05, 3.63) is 59.1 Å². The Kier molecular flexibility index (Phi) is 5.09. The summed E-state index contributed by atoms with van der Waals surface area (Å²) in [6.07, 6.45) is 0.994. The maximum atomic E-state index is 6.31. The van der Waals surface area contributed by atoms with Gasteiger partial charge in [-0.05, 0) is 55.3 Å². The lowest BCUT2D eigenvalue weighted by molar-refractivity contribution is 0.340. The lowest BCUT2D eigenvalue weighted by Crippen LogP contribution is -2.46. The maximum Gasteiger partial charge on any atom is 0.119 e. The summed E-state index contributed by atoms with van der Waals surface area (Å²) in [6.45, 7) is 4.52. The van der Waals surface area contributed by atoms with Gasteiger partial charge in [-0.1, -0.05) is 23.7 Å². The Hall–Kier alpha value is -1.71. The first-order valence-electron chi connectivity index (χ1n) is 8.14. The second-order valence-corrected chi connectivity index (χ2v) is 6.52. The van der Waals surface area contributed by atoms with Crippen molar-refractivity contribution in [2.24, 2.45) is 5.73 Å². The molecule has 2 unspecified atom stereocenters. The standard InChI is InChI=1S/C19H23ClN2O/c1-2-23-19-8-6-18(7-9-19)22-12-15(11-17(21)13-22)14-4-3-5-16(20)10-14/h3-10,15,17H,2,11-13,21H2,1H3. The quantitative estimate of drug-likeness (QED) is 0.918. The van der Waals surface area contributed by atoms with Crippen molar-refractivity contribution in [1.29, 1.82) is 0 Å². The van der Waals surface area contributed by atoms with Gasteiger partial charge in [0.05, 0.1) is 6.61 Å². The van der Waals surface area contributed by atoms with Gasteiger partial charge in [0.25, 0.3) is 0 Å². The molecule has 4 heteroatoms. The second kappa shape index (κ2) is 7.24. The van der Waals surface area contributed by atoms with Crippen LogP contribution in [-0.4, -0.2) is 25.7 Å². The fourth-order valence-corrected chi connectivity index (χ4v) is 3.47. The van der Waals surface area contributed by atoms with Crippen molar-refractivity contribution in [3.8, 4) is 5.75 Å². The van der Waals surface area contributed by atoms with Crippen molar-refractivity contribution in [3.63, 3.8) is 0 Å². The Morgan fingerprint density at radius 3 is 2.65 bits per heavy atom. The zero-order valence-corrected chi connectivity index (χ0v) is 14.2. The molecule has 0 amide bonds. The van der Waals surface area contributed by atoms with E-state index in [0.717, 1.165) is 30.3 Å². The number of rotatable bonds is 4. The molecule has 1 heterocycles. The van der Waals surface area contributed by atoms with Gasteiger partial charge in [0.1, 0.15) is 5.75 Å². The minimum Gasteiger partial charge on any atom is -0.494 e. The first-order chi connectivity index (χ1) is 11.2. The van der Waals surface area contributed by atoms with Crippen LogP contribution in [0.5, 0.6) is 5.75 Å². The van der Waals surface area contributed by atoms with Gasteiger partial charge in [-0.2, -0.15) is 0 Å². The largest absolute Gasteiger partial charge is 0.494 e. The highest BCUT2D eigenvalue weighted by atomic mass is 35.5. The molecule has 23 heavy (non-hydrogen) atoms. The number of hydrogen-bond donors (Lipinski definition) is 1. The van der Waals surface area contributed by atoms with Crippen LogP contribution in [0.4, 0.5) is 5.69 Å². The zero-order chi connectivity index (χ0) is 16.2. The van der Waals surface area contributed by atoms with Crippen LogP contribution in [0.2, 0.25) is 5.02 Å². The van der Waals surface area contributed by atoms with Crippen molar-refractivity contribution >= 4 is 17.3 Å². The van der Waals surface area contributed by atoms with E-state index in [2.05, 4.69) is 29.2 Å². The molecule has 0 bridgehead atoms. The summed E-state index contributed by atoms with van der Waals surface area (Å²) < 4.78 is 5.52. The summed E-state index contributed by atoms with van der Waals surface area (Å²) >= 11 is 6.14. The summed E-state index contributed by atoms with van der Waals surface area (Å²) in [5.41, 5.74) is 8.76. The van der Waals surface area contributed by atoms with Crippen LogP contribution in [0, 0.1) is 0 Å². The van der Waals surface area contributed by atoms with Crippen LogP contribution in [0.3, 0.4) is 0 Å². The fourth-order valence-electron chi connectivity index (χ4n) is 3.27. The third kappa shape index (κ3) is 3.98. The highest BCUT2D eigenvalue weighted by Crippen LogP contribution is 2.31. The van der Waals surface area contributed by atoms with E-state index in [9.17, 15) is 0 Å². The van der Waals surface area contributed by atoms with E-state index in [1.165, 1.54) is 11.3 Å². The summed E-state index contributed by atoms with van der Waals surface area (Å²) in [4.78, 5) is 2.36. The molecule has 2 N–H and O–H groups in total. The lowest BCUT2D eigenvalue weighted by atomic mass is 9.88. The van der Waals surface area contributed by atoms with Crippen LogP contribution < -0.4 is 15.4 Å². The molecule has 1 aliphatic rings. The van der Waals surface area contributed by atoms with Crippen molar-refractivity contribution < 1.29 is 4.74 Å². The molecular formula is C19H23ClN2O. The normalized spacial score (nSPS) is 21.3. The molecule has 3 nitrogen and oxygen atoms in total. The van der Waals surface area contributed by atoms with Crippen molar-refractivity contribution in [2.45, 2.75) is 25.3 Å². The molecule has 2 aromatic carbocycles. The van der Waals surface area contributed by atoms with Crippen molar-refractivity contribution in [2.75, 3.05) is 24.6 Å². The van der Waals surface area contributed by atoms with Crippen LogP contribution in [0.15, 0.2) is 48.5 Å². The average Bonchev–Trinajstić information content (AvgIpc) is 2.55. The molecule has 0 spiro atoms. The van der Waals surface area contributed by atoms with E-state index >= 15 is 0 Å². The zero-order valence-electron chi connectivity index (χ0n) is 13.4. The van der Waals surface area contributed by atoms with Gasteiger partial charge >= 0.3 is 0 Å². The molecular weight excluding hydrogens is 308 g/mol. The number of nitrogens with two attached hydrogens (primary N) is 1. The molecule has 122 valence electrons. The van der Waals surface area contributed by atoms with E-state index in [1.807, 2.05) is 31.2 Å². The molecule has 1 saturated heterocycles. The summed E-state index contributed by atoms with van der Waals surface area (Å²) in [7, 11) is 0. The summed E-state index contributed by atoms with van der Waals surface area (Å²) in [5, 5.41) is 0.786. The smallest absolute Gasteiger partial charge is 0.119 e. The van der Waals surface area contributed by atoms with Crippen molar-refractivity contribution in [1.82, 2.24) is 0 Å². The van der Waals surface area contributed by atoms with E-state index in [1.54, 1.807) is 0 Å². The van der Waals surface area contributed by atoms with Crippen LogP contribution in [0.1, 0.15) is 24.8 Å².